The molecule has 0 amide bonds. The fourth-order valence-corrected chi connectivity index (χ4v) is 2.35. The molecule has 0 spiro atoms. The Morgan fingerprint density at radius 2 is 1.94 bits per heavy atom. The molecule has 1 rings (SSSR count). The van der Waals surface area contributed by atoms with E-state index in [1.807, 2.05) is 7.05 Å². The normalized spacial score (nSPS) is 13.0. The van der Waals surface area contributed by atoms with E-state index in [0.29, 0.717) is 0 Å². The monoisotopic (exact) mass is 248 g/mol. The highest BCUT2D eigenvalue weighted by molar-refractivity contribution is 5.29. The maximum absolute atomic E-state index is 3.28. The first-order chi connectivity index (χ1) is 8.56. The van der Waals surface area contributed by atoms with Crippen LogP contribution in [0.3, 0.4) is 0 Å². The van der Waals surface area contributed by atoms with Crippen molar-refractivity contribution in [3.05, 3.63) is 34.9 Å². The van der Waals surface area contributed by atoms with Gasteiger partial charge < -0.3 is 10.2 Å². The Morgan fingerprint density at radius 1 is 1.22 bits per heavy atom. The predicted octanol–water partition coefficient (Wildman–Crippen LogP) is 2.98. The molecule has 0 aliphatic rings. The zero-order valence-electron chi connectivity index (χ0n) is 12.6. The third-order valence-electron chi connectivity index (χ3n) is 3.66. The van der Waals surface area contributed by atoms with E-state index >= 15 is 0 Å². The lowest BCUT2D eigenvalue weighted by atomic mass is 10.0. The fourth-order valence-electron chi connectivity index (χ4n) is 2.35. The summed E-state index contributed by atoms with van der Waals surface area (Å²) in [5, 5.41) is 3.28. The van der Waals surface area contributed by atoms with Crippen molar-refractivity contribution >= 4 is 0 Å². The summed E-state index contributed by atoms with van der Waals surface area (Å²) in [5.74, 6) is 0.742. The van der Waals surface area contributed by atoms with E-state index in [-0.39, 0.29) is 0 Å². The molecule has 0 aliphatic carbocycles. The van der Waals surface area contributed by atoms with Crippen LogP contribution in [0.5, 0.6) is 0 Å². The van der Waals surface area contributed by atoms with Crippen molar-refractivity contribution in [2.75, 3.05) is 27.2 Å². The van der Waals surface area contributed by atoms with E-state index in [0.717, 1.165) is 25.6 Å². The molecule has 0 saturated carbocycles. The average Bonchev–Trinajstić information content (AvgIpc) is 2.33. The Labute approximate surface area is 112 Å². The Balaban J connectivity index is 2.52. The summed E-state index contributed by atoms with van der Waals surface area (Å²) >= 11 is 0. The van der Waals surface area contributed by atoms with Crippen molar-refractivity contribution in [3.63, 3.8) is 0 Å². The highest BCUT2D eigenvalue weighted by Gasteiger charge is 2.09. The SMILES string of the molecule is CCC(CNC)CN(C)Cc1ccc(C)c(C)c1. The van der Waals surface area contributed by atoms with Crippen molar-refractivity contribution in [1.82, 2.24) is 10.2 Å². The molecule has 1 unspecified atom stereocenters. The molecule has 2 heteroatoms. The lowest BCUT2D eigenvalue weighted by molar-refractivity contribution is 0.261. The van der Waals surface area contributed by atoms with Gasteiger partial charge in [-0.15, -0.1) is 0 Å². The number of rotatable bonds is 7. The molecule has 1 aromatic carbocycles. The molecule has 18 heavy (non-hydrogen) atoms. The first-order valence-corrected chi connectivity index (χ1v) is 6.96. The van der Waals surface area contributed by atoms with Crippen molar-refractivity contribution < 1.29 is 0 Å². The van der Waals surface area contributed by atoms with Crippen molar-refractivity contribution in [2.24, 2.45) is 5.92 Å². The second-order valence-electron chi connectivity index (χ2n) is 5.45. The highest BCUT2D eigenvalue weighted by atomic mass is 15.1. The van der Waals surface area contributed by atoms with E-state index in [4.69, 9.17) is 0 Å². The van der Waals surface area contributed by atoms with Crippen LogP contribution < -0.4 is 5.32 Å². The molecule has 0 saturated heterocycles. The van der Waals surface area contributed by atoms with E-state index < -0.39 is 0 Å². The van der Waals surface area contributed by atoms with Gasteiger partial charge in [0, 0.05) is 13.1 Å². The molecule has 0 aliphatic heterocycles. The largest absolute Gasteiger partial charge is 0.319 e. The number of nitrogens with zero attached hydrogens (tertiary/aromatic N) is 1. The molecular weight excluding hydrogens is 220 g/mol. The lowest BCUT2D eigenvalue weighted by Crippen LogP contribution is -2.30. The number of hydrogen-bond donors (Lipinski definition) is 1. The number of hydrogen-bond acceptors (Lipinski definition) is 2. The number of aryl methyl sites for hydroxylation is 2. The molecule has 1 N–H and O–H groups in total. The minimum absolute atomic E-state index is 0.742. The van der Waals surface area contributed by atoms with Gasteiger partial charge in [-0.2, -0.15) is 0 Å². The summed E-state index contributed by atoms with van der Waals surface area (Å²) in [5.41, 5.74) is 4.19. The standard InChI is InChI=1S/C16H28N2/c1-6-15(10-17-4)11-18(5)12-16-8-7-13(2)14(3)9-16/h7-9,15,17H,6,10-12H2,1-5H3. The smallest absolute Gasteiger partial charge is 0.0230 e. The van der Waals surface area contributed by atoms with Crippen LogP contribution in [-0.4, -0.2) is 32.1 Å². The summed E-state index contributed by atoms with van der Waals surface area (Å²) in [6.45, 7) is 9.93. The number of nitrogens with one attached hydrogen (secondary N) is 1. The predicted molar refractivity (Wildman–Crippen MR) is 80.0 cm³/mol. The Bertz CT molecular complexity index is 360. The quantitative estimate of drug-likeness (QED) is 0.798. The third kappa shape index (κ3) is 4.79. The zero-order valence-corrected chi connectivity index (χ0v) is 12.6. The molecular formula is C16H28N2. The van der Waals surface area contributed by atoms with Crippen LogP contribution in [0.15, 0.2) is 18.2 Å². The summed E-state index contributed by atoms with van der Waals surface area (Å²) in [4.78, 5) is 2.43. The van der Waals surface area contributed by atoms with Gasteiger partial charge in [0.05, 0.1) is 0 Å². The summed E-state index contributed by atoms with van der Waals surface area (Å²) in [6.07, 6.45) is 1.23. The first-order valence-electron chi connectivity index (χ1n) is 6.96. The second-order valence-corrected chi connectivity index (χ2v) is 5.45. The van der Waals surface area contributed by atoms with E-state index in [1.54, 1.807) is 0 Å². The van der Waals surface area contributed by atoms with Gasteiger partial charge in [0.2, 0.25) is 0 Å². The maximum atomic E-state index is 3.28. The van der Waals surface area contributed by atoms with Crippen LogP contribution in [-0.2, 0) is 6.54 Å². The molecule has 1 aromatic rings. The van der Waals surface area contributed by atoms with E-state index in [2.05, 4.69) is 56.2 Å². The van der Waals surface area contributed by atoms with Gasteiger partial charge >= 0.3 is 0 Å². The zero-order chi connectivity index (χ0) is 13.5. The molecule has 102 valence electrons. The van der Waals surface area contributed by atoms with Crippen molar-refractivity contribution in [3.8, 4) is 0 Å². The minimum atomic E-state index is 0.742. The maximum Gasteiger partial charge on any atom is 0.0230 e. The van der Waals surface area contributed by atoms with Gasteiger partial charge in [0.25, 0.3) is 0 Å². The second kappa shape index (κ2) is 7.55. The van der Waals surface area contributed by atoms with Gasteiger partial charge in [-0.25, -0.2) is 0 Å². The van der Waals surface area contributed by atoms with Crippen LogP contribution in [0.25, 0.3) is 0 Å². The molecule has 0 heterocycles. The molecule has 0 fully saturated rings. The minimum Gasteiger partial charge on any atom is -0.319 e. The summed E-state index contributed by atoms with van der Waals surface area (Å²) in [6, 6.07) is 6.78. The summed E-state index contributed by atoms with van der Waals surface area (Å²) in [7, 11) is 4.25. The molecule has 0 radical (unpaired) electrons. The third-order valence-corrected chi connectivity index (χ3v) is 3.66. The van der Waals surface area contributed by atoms with E-state index in [9.17, 15) is 0 Å². The molecule has 0 aromatic heterocycles. The number of benzene rings is 1. The molecule has 0 bridgehead atoms. The fraction of sp³-hybridized carbons (Fsp3) is 0.625. The van der Waals surface area contributed by atoms with Crippen LogP contribution in [0.4, 0.5) is 0 Å². The van der Waals surface area contributed by atoms with Gasteiger partial charge in [0.15, 0.2) is 0 Å². The highest BCUT2D eigenvalue weighted by Crippen LogP contribution is 2.12. The molecule has 1 atom stereocenters. The van der Waals surface area contributed by atoms with E-state index in [1.165, 1.54) is 23.1 Å². The Kier molecular flexibility index (Phi) is 6.37. The Morgan fingerprint density at radius 3 is 2.50 bits per heavy atom. The topological polar surface area (TPSA) is 15.3 Å². The van der Waals surface area contributed by atoms with Gasteiger partial charge in [-0.05, 0) is 57.1 Å². The van der Waals surface area contributed by atoms with Crippen LogP contribution in [0, 0.1) is 19.8 Å². The van der Waals surface area contributed by atoms with Crippen molar-refractivity contribution in [2.45, 2.75) is 33.7 Å². The lowest BCUT2D eigenvalue weighted by Gasteiger charge is -2.23. The Hall–Kier alpha value is -0.860. The van der Waals surface area contributed by atoms with Crippen molar-refractivity contribution in [1.29, 1.82) is 0 Å². The van der Waals surface area contributed by atoms with Gasteiger partial charge in [-0.1, -0.05) is 31.5 Å². The first kappa shape index (κ1) is 15.2. The van der Waals surface area contributed by atoms with Crippen LogP contribution >= 0.6 is 0 Å². The van der Waals surface area contributed by atoms with Gasteiger partial charge in [-0.3, -0.25) is 0 Å². The van der Waals surface area contributed by atoms with Crippen LogP contribution in [0.2, 0.25) is 0 Å². The van der Waals surface area contributed by atoms with Gasteiger partial charge in [0.1, 0.15) is 0 Å². The summed E-state index contributed by atoms with van der Waals surface area (Å²) < 4.78 is 0. The van der Waals surface area contributed by atoms with Crippen LogP contribution in [0.1, 0.15) is 30.0 Å². The average molecular weight is 248 g/mol. The molecule has 2 nitrogen and oxygen atoms in total.